The van der Waals surface area contributed by atoms with Crippen LogP contribution in [0.5, 0.6) is 97.7 Å². The molecule has 0 saturated carbocycles. The van der Waals surface area contributed by atoms with Crippen molar-refractivity contribution >= 4 is 175 Å². The van der Waals surface area contributed by atoms with Crippen molar-refractivity contribution in [3.05, 3.63) is 294 Å². The van der Waals surface area contributed by atoms with E-state index in [0.29, 0.717) is 82.5 Å². The Morgan fingerprint density at radius 1 is 0.316 bits per heavy atom. The Hall–Kier alpha value is -16.2. The maximum absolute atomic E-state index is 13.1. The number of halogens is 2. The van der Waals surface area contributed by atoms with Crippen LogP contribution in [0, 0.1) is 20.8 Å². The first-order chi connectivity index (χ1) is 65.7. The number of fused-ring (bicyclic) bond motifs is 7. The van der Waals surface area contributed by atoms with Gasteiger partial charge < -0.3 is 104 Å². The van der Waals surface area contributed by atoms with Gasteiger partial charge in [0.25, 0.3) is 0 Å². The van der Waals surface area contributed by atoms with Crippen LogP contribution in [-0.4, -0.2) is 140 Å². The Morgan fingerprint density at radius 3 is 0.985 bits per heavy atom. The first kappa shape index (κ1) is 97.3. The number of aryl methyl sites for hydroxylation is 3. The summed E-state index contributed by atoms with van der Waals surface area (Å²) in [5.74, 6) is -0.852. The molecule has 0 aliphatic rings. The van der Waals surface area contributed by atoms with E-state index in [1.54, 1.807) is 81.0 Å². The third kappa shape index (κ3) is 19.9. The molecule has 0 amide bonds. The highest BCUT2D eigenvalue weighted by Gasteiger charge is 2.33. The molecule has 0 bridgehead atoms. The molecule has 0 aliphatic carbocycles. The van der Waals surface area contributed by atoms with E-state index in [9.17, 15) is 49.5 Å². The molecule has 30 heteroatoms. The molecule has 696 valence electrons. The summed E-state index contributed by atoms with van der Waals surface area (Å²) in [7, 11) is 17.3. The second kappa shape index (κ2) is 43.4. The van der Waals surface area contributed by atoms with Gasteiger partial charge in [-0.25, -0.2) is 0 Å². The van der Waals surface area contributed by atoms with E-state index in [2.05, 4.69) is 40.2 Å². The zero-order valence-electron chi connectivity index (χ0n) is 76.0. The highest BCUT2D eigenvalue weighted by atomic mass is 79.9. The molecule has 0 fully saturated rings. The van der Waals surface area contributed by atoms with Crippen molar-refractivity contribution in [3.8, 4) is 97.7 Å². The van der Waals surface area contributed by atoms with Gasteiger partial charge in [0.1, 0.15) is 68.1 Å². The predicted molar refractivity (Wildman–Crippen MR) is 527 cm³/mol. The predicted octanol–water partition coefficient (Wildman–Crippen LogP) is 25.0. The van der Waals surface area contributed by atoms with Gasteiger partial charge in [0.15, 0.2) is 85.6 Å². The lowest BCUT2D eigenvalue weighted by molar-refractivity contribution is 0.103. The van der Waals surface area contributed by atoms with Crippen LogP contribution in [0.2, 0.25) is 5.02 Å². The first-order valence-electron chi connectivity index (χ1n) is 41.2. The van der Waals surface area contributed by atoms with Crippen LogP contribution in [0.15, 0.2) is 239 Å². The Bertz CT molecular complexity index is 7580. The first-order valence-corrected chi connectivity index (χ1v) is 43.3. The number of phenolic OH excluding ortho intramolecular Hbond substituents is 5. The number of carbonyl (C=O) groups excluding carboxylic acids is 5. The molecule has 136 heavy (non-hydrogen) atoms. The molecule has 6 aromatic heterocycles. The smallest absolute Gasteiger partial charge is 0.205 e. The summed E-state index contributed by atoms with van der Waals surface area (Å²) >= 11 is 11.2. The SMILES string of the molecule is COc1c(C(=O)/C=C/c2ccc(C)c(Br)c2)c(O)c(OC)c2occc12.COc1c(C(=O)/C=C/c2ccc(C)cc2Cl)c(O)c(OC)c2occc12.COc1c(C(=O)/C=C/c2ccc3cc4ccccc4cc3c2)c(O)c(OC)c2occc12.COc1c(C(=O)/C=C/c2ccsc2)c(O)c(OC)c2occc12.COc1cc(/C=C/C(=O)c2c(O)c(OC)c3occc3c2OC)c(OC)cc1C. The number of phenols is 5. The molecular weight excluding hydrogens is 1850 g/mol. The van der Waals surface area contributed by atoms with Gasteiger partial charge in [-0.2, -0.15) is 11.3 Å². The number of benzene rings is 11. The van der Waals surface area contributed by atoms with E-state index in [0.717, 1.165) is 54.0 Å². The lowest BCUT2D eigenvalue weighted by Crippen LogP contribution is -2.02. The monoisotopic (exact) mass is 1940 g/mol. The summed E-state index contributed by atoms with van der Waals surface area (Å²) in [6.45, 7) is 5.81. The normalized spacial score (nSPS) is 11.3. The minimum atomic E-state index is -0.470. The number of furan rings is 5. The molecular formula is C106H90BrClO27S. The van der Waals surface area contributed by atoms with E-state index < -0.39 is 23.1 Å². The Balaban J connectivity index is 0.000000144. The quantitative estimate of drug-likeness (QED) is 0.0181. The van der Waals surface area contributed by atoms with Crippen LogP contribution in [-0.2, 0) is 0 Å². The van der Waals surface area contributed by atoms with Gasteiger partial charge in [0, 0.05) is 15.1 Å². The summed E-state index contributed by atoms with van der Waals surface area (Å²) in [4.78, 5) is 64.2. The number of methoxy groups -OCH3 is 12. The van der Waals surface area contributed by atoms with Crippen molar-refractivity contribution in [2.24, 2.45) is 0 Å². The summed E-state index contributed by atoms with van der Waals surface area (Å²) in [6.07, 6.45) is 22.4. The van der Waals surface area contributed by atoms with Crippen molar-refractivity contribution < 1.29 is 128 Å². The van der Waals surface area contributed by atoms with Crippen molar-refractivity contribution in [1.82, 2.24) is 0 Å². The third-order valence-electron chi connectivity index (χ3n) is 21.7. The molecule has 6 heterocycles. The number of thiophene rings is 1. The van der Waals surface area contributed by atoms with Gasteiger partial charge in [-0.15, -0.1) is 0 Å². The Kier molecular flexibility index (Phi) is 31.1. The van der Waals surface area contributed by atoms with Gasteiger partial charge in [0.2, 0.25) is 28.7 Å². The largest absolute Gasteiger partial charge is 0.504 e. The topological polar surface area (TPSA) is 363 Å². The highest BCUT2D eigenvalue weighted by Crippen LogP contribution is 2.52. The fourth-order valence-electron chi connectivity index (χ4n) is 15.2. The molecule has 5 N–H and O–H groups in total. The fraction of sp³-hybridized carbons (Fsp3) is 0.142. The van der Waals surface area contributed by atoms with E-state index >= 15 is 0 Å². The number of rotatable bonds is 27. The third-order valence-corrected chi connectivity index (χ3v) is 23.6. The lowest BCUT2D eigenvalue weighted by Gasteiger charge is -2.13. The molecule has 0 saturated heterocycles. The zero-order chi connectivity index (χ0) is 97.5. The molecule has 11 aromatic carbocycles. The standard InChI is InChI=1S/C27H20O5.C22H22O7.C20H17BrO5.C20H17ClO5.C17H14O5S/c1-30-25-21-11-12-32-26(21)27(31-2)24(29)23(25)22(28)10-8-16-7-9-19-14-17-5-3-4-6-18(17)15-20(19)13-16;1-12-10-17(26-3)13(11-16(12)25-2)6-7-15(23)18-19(24)22(28-5)21-14(8-9-29-21)20(18)27-4;1-11-4-5-12(10-14(11)21)6-7-15(22)16-17(23)20(25-3)19-13(8-9-26-19)18(16)24-2;1-11-4-5-12(14(21)10-11)6-7-15(22)16-17(23)20(25-3)19-13(8-9-26-19)18(16)24-2;1-20-15-11-5-7-22-16(11)17(21-2)14(19)13(15)12(18)4-3-10-6-8-23-9-10/h3-15,29H,1-2H3;6-11,24H,1-5H3;2*4-10,23H,1-3H3;3-9,19H,1-2H3/b10-8+;3*7-6+;4-3+. The zero-order valence-corrected chi connectivity index (χ0v) is 79.1. The van der Waals surface area contributed by atoms with Crippen molar-refractivity contribution in [2.75, 3.05) is 85.3 Å². The molecule has 0 spiro atoms. The van der Waals surface area contributed by atoms with Gasteiger partial charge in [-0.05, 0) is 213 Å². The summed E-state index contributed by atoms with van der Waals surface area (Å²) in [5.41, 5.74) is 8.68. The van der Waals surface area contributed by atoms with Crippen LogP contribution < -0.4 is 56.8 Å². The number of aromatic hydroxyl groups is 5. The molecule has 17 rings (SSSR count). The van der Waals surface area contributed by atoms with Gasteiger partial charge >= 0.3 is 0 Å². The van der Waals surface area contributed by atoms with Crippen LogP contribution in [0.4, 0.5) is 0 Å². The van der Waals surface area contributed by atoms with Crippen molar-refractivity contribution in [1.29, 1.82) is 0 Å². The molecule has 27 nitrogen and oxygen atoms in total. The molecule has 0 radical (unpaired) electrons. The number of carbonyl (C=O) groups is 5. The molecule has 0 aliphatic heterocycles. The number of hydrogen-bond donors (Lipinski definition) is 5. The minimum absolute atomic E-state index is 0.00210. The number of ketones is 5. The summed E-state index contributed by atoms with van der Waals surface area (Å²) < 4.78 is 91.5. The van der Waals surface area contributed by atoms with Crippen LogP contribution in [0.3, 0.4) is 0 Å². The second-order valence-corrected chi connectivity index (χ2v) is 31.8. The van der Waals surface area contributed by atoms with Crippen molar-refractivity contribution in [3.63, 3.8) is 0 Å². The average molecular weight is 1940 g/mol. The fourth-order valence-corrected chi connectivity index (χ4v) is 16.5. The maximum atomic E-state index is 13.1. The van der Waals surface area contributed by atoms with E-state index in [1.807, 2.05) is 110 Å². The van der Waals surface area contributed by atoms with E-state index in [1.165, 1.54) is 150 Å². The van der Waals surface area contributed by atoms with Gasteiger partial charge in [-0.3, -0.25) is 24.0 Å². The van der Waals surface area contributed by atoms with Gasteiger partial charge in [0.05, 0.1) is 144 Å². The Morgan fingerprint density at radius 2 is 0.647 bits per heavy atom. The number of hydrogen-bond acceptors (Lipinski definition) is 28. The number of allylic oxidation sites excluding steroid dienone is 5. The van der Waals surface area contributed by atoms with E-state index in [-0.39, 0.29) is 120 Å². The summed E-state index contributed by atoms with van der Waals surface area (Å²) in [5, 5.41) is 64.5. The van der Waals surface area contributed by atoms with Gasteiger partial charge in [-0.1, -0.05) is 106 Å². The maximum Gasteiger partial charge on any atom is 0.205 e. The van der Waals surface area contributed by atoms with E-state index in [4.69, 9.17) is 90.5 Å². The molecule has 0 atom stereocenters. The van der Waals surface area contributed by atoms with Crippen LogP contribution in [0.1, 0.15) is 96.3 Å². The Labute approximate surface area is 795 Å². The lowest BCUT2D eigenvalue weighted by atomic mass is 10.0. The second-order valence-electron chi connectivity index (χ2n) is 29.7. The highest BCUT2D eigenvalue weighted by molar-refractivity contribution is 9.10. The van der Waals surface area contributed by atoms with Crippen molar-refractivity contribution in [2.45, 2.75) is 20.8 Å². The van der Waals surface area contributed by atoms with Crippen LogP contribution in [0.25, 0.3) is 107 Å². The summed E-state index contributed by atoms with van der Waals surface area (Å²) in [6, 6.07) is 43.6. The minimum Gasteiger partial charge on any atom is -0.504 e. The van der Waals surface area contributed by atoms with Crippen LogP contribution >= 0.6 is 38.9 Å². The average Bonchev–Trinajstić information content (AvgIpc) is 1.56. The number of ether oxygens (including phenoxy) is 12. The molecule has 17 aromatic rings. The molecule has 0 unspecified atom stereocenters.